The van der Waals surface area contributed by atoms with E-state index in [1.165, 1.54) is 41.3 Å². The van der Waals surface area contributed by atoms with E-state index in [1.54, 1.807) is 18.2 Å². The smallest absolute Gasteiger partial charge is 0.293 e. The van der Waals surface area contributed by atoms with Gasteiger partial charge in [-0.3, -0.25) is 9.59 Å². The van der Waals surface area contributed by atoms with Crippen LogP contribution in [0.1, 0.15) is 42.4 Å². The van der Waals surface area contributed by atoms with Crippen molar-refractivity contribution < 1.29 is 22.9 Å². The van der Waals surface area contributed by atoms with E-state index < -0.39 is 23.8 Å². The molecule has 2 aromatic carbocycles. The number of piperazine rings is 1. The second-order valence-electron chi connectivity index (χ2n) is 8.27. The zero-order chi connectivity index (χ0) is 22.8. The number of hydrogen-bond donors (Lipinski definition) is 1. The minimum Gasteiger partial charge on any atom is -0.350 e. The first-order valence-electron chi connectivity index (χ1n) is 10.4. The van der Waals surface area contributed by atoms with E-state index in [4.69, 9.17) is 4.52 Å². The monoisotopic (exact) mass is 439 g/mol. The highest BCUT2D eigenvalue weighted by Crippen LogP contribution is 2.28. The van der Waals surface area contributed by atoms with Gasteiger partial charge in [0.25, 0.3) is 5.91 Å². The first kappa shape index (κ1) is 21.7. The number of carbonyl (C=O) groups excluding carboxylic acids is 2. The Bertz CT molecular complexity index is 1130. The summed E-state index contributed by atoms with van der Waals surface area (Å²) in [6, 6.07) is 11.9. The van der Waals surface area contributed by atoms with Gasteiger partial charge in [0.15, 0.2) is 0 Å². The third-order valence-corrected chi connectivity index (χ3v) is 5.47. The van der Waals surface area contributed by atoms with Gasteiger partial charge in [0.05, 0.1) is 6.04 Å². The number of nitrogens with zero attached hydrogens (tertiary/aromatic N) is 2. The number of rotatable bonds is 5. The molecule has 0 radical (unpaired) electrons. The molecule has 2 amide bonds. The maximum Gasteiger partial charge on any atom is 0.293 e. The summed E-state index contributed by atoms with van der Waals surface area (Å²) in [6.07, 6.45) is 0.445. The highest BCUT2D eigenvalue weighted by Gasteiger charge is 2.40. The van der Waals surface area contributed by atoms with Gasteiger partial charge >= 0.3 is 0 Å². The Morgan fingerprint density at radius 3 is 2.59 bits per heavy atom. The van der Waals surface area contributed by atoms with Crippen molar-refractivity contribution in [2.45, 2.75) is 32.4 Å². The molecule has 32 heavy (non-hydrogen) atoms. The average molecular weight is 439 g/mol. The third kappa shape index (κ3) is 4.39. The van der Waals surface area contributed by atoms with Crippen LogP contribution in [0.5, 0.6) is 0 Å². The predicted molar refractivity (Wildman–Crippen MR) is 113 cm³/mol. The molecule has 0 bridgehead atoms. The van der Waals surface area contributed by atoms with Crippen LogP contribution in [0.2, 0.25) is 0 Å². The highest BCUT2D eigenvalue weighted by molar-refractivity contribution is 5.97. The maximum atomic E-state index is 14.4. The van der Waals surface area contributed by atoms with E-state index in [9.17, 15) is 18.4 Å². The molecule has 4 rings (SSSR count). The molecule has 0 unspecified atom stereocenters. The first-order chi connectivity index (χ1) is 15.3. The Morgan fingerprint density at radius 2 is 1.91 bits per heavy atom. The van der Waals surface area contributed by atoms with Crippen LogP contribution >= 0.6 is 0 Å². The number of amides is 2. The average Bonchev–Trinajstić information content (AvgIpc) is 3.25. The number of halogens is 2. The summed E-state index contributed by atoms with van der Waals surface area (Å²) >= 11 is 0. The molecule has 0 spiro atoms. The van der Waals surface area contributed by atoms with E-state index in [0.29, 0.717) is 23.2 Å². The van der Waals surface area contributed by atoms with Crippen LogP contribution < -0.4 is 5.32 Å². The number of aromatic nitrogens is 1. The molecule has 1 aliphatic heterocycles. The van der Waals surface area contributed by atoms with Crippen molar-refractivity contribution in [3.63, 3.8) is 0 Å². The lowest BCUT2D eigenvalue weighted by Crippen LogP contribution is -2.58. The fraction of sp³-hybridized carbons (Fsp3) is 0.292. The van der Waals surface area contributed by atoms with Crippen molar-refractivity contribution in [2.24, 2.45) is 5.92 Å². The van der Waals surface area contributed by atoms with Crippen LogP contribution in [0, 0.1) is 17.6 Å². The Labute approximate surface area is 184 Å². The maximum absolute atomic E-state index is 14.4. The van der Waals surface area contributed by atoms with E-state index in [1.807, 2.05) is 13.8 Å². The van der Waals surface area contributed by atoms with Crippen molar-refractivity contribution in [3.05, 3.63) is 77.6 Å². The van der Waals surface area contributed by atoms with Gasteiger partial charge in [-0.05, 0) is 42.7 Å². The largest absolute Gasteiger partial charge is 0.350 e. The summed E-state index contributed by atoms with van der Waals surface area (Å²) < 4.78 is 32.8. The third-order valence-electron chi connectivity index (χ3n) is 5.47. The second kappa shape index (κ2) is 8.90. The minimum absolute atomic E-state index is 0.0416. The number of hydrogen-bond acceptors (Lipinski definition) is 4. The minimum atomic E-state index is -0.718. The quantitative estimate of drug-likeness (QED) is 0.642. The summed E-state index contributed by atoms with van der Waals surface area (Å²) in [7, 11) is 0. The van der Waals surface area contributed by atoms with Crippen LogP contribution in [0.4, 0.5) is 8.78 Å². The summed E-state index contributed by atoms with van der Waals surface area (Å²) in [5.41, 5.74) is 1.28. The summed E-state index contributed by atoms with van der Waals surface area (Å²) in [6.45, 7) is 4.01. The zero-order valence-corrected chi connectivity index (χ0v) is 17.7. The fourth-order valence-electron chi connectivity index (χ4n) is 3.89. The van der Waals surface area contributed by atoms with Gasteiger partial charge in [-0.15, -0.1) is 0 Å². The van der Waals surface area contributed by atoms with Crippen LogP contribution in [-0.4, -0.2) is 34.5 Å². The van der Waals surface area contributed by atoms with Gasteiger partial charge in [0.1, 0.15) is 23.4 Å². The Balaban J connectivity index is 1.64. The Morgan fingerprint density at radius 1 is 1.19 bits per heavy atom. The molecule has 0 saturated carbocycles. The molecule has 1 saturated heterocycles. The van der Waals surface area contributed by atoms with Crippen LogP contribution in [0.3, 0.4) is 0 Å². The lowest BCUT2D eigenvalue weighted by atomic mass is 9.95. The van der Waals surface area contributed by atoms with Crippen LogP contribution in [-0.2, 0) is 4.79 Å². The van der Waals surface area contributed by atoms with Crippen molar-refractivity contribution in [1.82, 2.24) is 15.4 Å². The molecule has 6 nitrogen and oxygen atoms in total. The van der Waals surface area contributed by atoms with E-state index in [2.05, 4.69) is 10.5 Å². The van der Waals surface area contributed by atoms with Crippen molar-refractivity contribution >= 4 is 11.8 Å². The molecule has 1 aliphatic rings. The highest BCUT2D eigenvalue weighted by atomic mass is 19.1. The van der Waals surface area contributed by atoms with E-state index in [-0.39, 0.29) is 29.9 Å². The van der Waals surface area contributed by atoms with Crippen molar-refractivity contribution in [2.75, 3.05) is 6.54 Å². The summed E-state index contributed by atoms with van der Waals surface area (Å²) in [5, 5.41) is 6.77. The van der Waals surface area contributed by atoms with Crippen LogP contribution in [0.15, 0.2) is 59.1 Å². The summed E-state index contributed by atoms with van der Waals surface area (Å²) in [5.74, 6) is -1.58. The van der Waals surface area contributed by atoms with E-state index in [0.717, 1.165) is 0 Å². The summed E-state index contributed by atoms with van der Waals surface area (Å²) in [4.78, 5) is 27.7. The molecule has 1 aromatic heterocycles. The van der Waals surface area contributed by atoms with Gasteiger partial charge in [0.2, 0.25) is 11.7 Å². The standard InChI is InChI=1S/C24H23F2N3O3/c1-14(2)11-21-23(30)27-20(17-5-3-4-6-18(17)26)13-29(21)24(31)22-12-19(28-32-22)15-7-9-16(25)10-8-15/h3-10,12,14,20-21H,11,13H2,1-2H3,(H,27,30)/t20-,21+/m1/s1. The normalized spacial score (nSPS) is 18.7. The molecule has 1 fully saturated rings. The fourth-order valence-corrected chi connectivity index (χ4v) is 3.89. The molecule has 2 atom stereocenters. The van der Waals surface area contributed by atoms with Gasteiger partial charge in [0, 0.05) is 23.7 Å². The molecular formula is C24H23F2N3O3. The number of benzene rings is 2. The van der Waals surface area contributed by atoms with Gasteiger partial charge in [-0.2, -0.15) is 0 Å². The van der Waals surface area contributed by atoms with Crippen molar-refractivity contribution in [1.29, 1.82) is 0 Å². The lowest BCUT2D eigenvalue weighted by molar-refractivity contribution is -0.130. The number of carbonyl (C=O) groups is 2. The molecule has 1 N–H and O–H groups in total. The van der Waals surface area contributed by atoms with Gasteiger partial charge in [-0.25, -0.2) is 8.78 Å². The topological polar surface area (TPSA) is 75.4 Å². The van der Waals surface area contributed by atoms with E-state index >= 15 is 0 Å². The molecule has 3 aromatic rings. The molecular weight excluding hydrogens is 416 g/mol. The molecule has 166 valence electrons. The molecule has 8 heteroatoms. The Kier molecular flexibility index (Phi) is 6.03. The predicted octanol–water partition coefficient (Wildman–Crippen LogP) is 4.35. The van der Waals surface area contributed by atoms with Gasteiger partial charge < -0.3 is 14.7 Å². The van der Waals surface area contributed by atoms with Crippen molar-refractivity contribution in [3.8, 4) is 11.3 Å². The SMILES string of the molecule is CC(C)C[C@H]1C(=O)N[C@@H](c2ccccc2F)CN1C(=O)c1cc(-c2ccc(F)cc2)no1. The van der Waals surface area contributed by atoms with Crippen LogP contribution in [0.25, 0.3) is 11.3 Å². The first-order valence-corrected chi connectivity index (χ1v) is 10.4. The zero-order valence-electron chi connectivity index (χ0n) is 17.7. The Hall–Kier alpha value is -3.55. The molecule has 0 aliphatic carbocycles. The number of nitrogens with one attached hydrogen (secondary N) is 1. The lowest BCUT2D eigenvalue weighted by Gasteiger charge is -2.39. The van der Waals surface area contributed by atoms with Gasteiger partial charge in [-0.1, -0.05) is 37.2 Å². The second-order valence-corrected chi connectivity index (χ2v) is 8.27. The molecule has 2 heterocycles.